The first-order chi connectivity index (χ1) is 11.1. The van der Waals surface area contributed by atoms with E-state index in [1.54, 1.807) is 13.3 Å². The Balaban J connectivity index is 1.86. The van der Waals surface area contributed by atoms with Crippen LogP contribution in [0.4, 0.5) is 0 Å². The van der Waals surface area contributed by atoms with Crippen LogP contribution >= 0.6 is 11.8 Å². The van der Waals surface area contributed by atoms with E-state index >= 15 is 0 Å². The van der Waals surface area contributed by atoms with E-state index in [9.17, 15) is 4.79 Å². The molecule has 4 nitrogen and oxygen atoms in total. The number of hydrogen-bond donors (Lipinski definition) is 1. The van der Waals surface area contributed by atoms with Gasteiger partial charge in [0.25, 0.3) is 0 Å². The number of carbonyl (C=O) groups excluding carboxylic acids is 1. The fourth-order valence-corrected chi connectivity index (χ4v) is 3.03. The lowest BCUT2D eigenvalue weighted by Gasteiger charge is -2.17. The van der Waals surface area contributed by atoms with Crippen molar-refractivity contribution in [3.05, 3.63) is 54.2 Å². The lowest BCUT2D eigenvalue weighted by atomic mass is 10.1. The van der Waals surface area contributed by atoms with Gasteiger partial charge in [-0.2, -0.15) is 0 Å². The molecule has 2 aromatic rings. The van der Waals surface area contributed by atoms with Gasteiger partial charge in [-0.3, -0.25) is 4.79 Å². The van der Waals surface area contributed by atoms with Gasteiger partial charge in [0.05, 0.1) is 17.4 Å². The van der Waals surface area contributed by atoms with Crippen LogP contribution in [-0.4, -0.2) is 29.3 Å². The molecule has 2 rings (SSSR count). The molecule has 1 aromatic carbocycles. The summed E-state index contributed by atoms with van der Waals surface area (Å²) in [5.74, 6) is 0.858. The maximum absolute atomic E-state index is 12.3. The maximum atomic E-state index is 12.3. The number of amides is 1. The highest BCUT2D eigenvalue weighted by atomic mass is 32.2. The molecule has 122 valence electrons. The fraction of sp³-hybridized carbons (Fsp3) is 0.333. The largest absolute Gasteiger partial charge is 0.497 e. The molecule has 2 unspecified atom stereocenters. The normalized spacial score (nSPS) is 13.2. The molecular weight excluding hydrogens is 308 g/mol. The van der Waals surface area contributed by atoms with Crippen molar-refractivity contribution in [1.82, 2.24) is 10.3 Å². The number of thioether (sulfide) groups is 1. The van der Waals surface area contributed by atoms with Gasteiger partial charge in [0.15, 0.2) is 0 Å². The van der Waals surface area contributed by atoms with Gasteiger partial charge in [-0.15, -0.1) is 0 Å². The predicted octanol–water partition coefficient (Wildman–Crippen LogP) is 3.32. The third kappa shape index (κ3) is 5.60. The van der Waals surface area contributed by atoms with E-state index in [-0.39, 0.29) is 17.2 Å². The van der Waals surface area contributed by atoms with E-state index in [1.807, 2.05) is 56.3 Å². The fourth-order valence-electron chi connectivity index (χ4n) is 2.22. The average Bonchev–Trinajstić information content (AvgIpc) is 2.55. The second kappa shape index (κ2) is 8.58. The standard InChI is InChI=1S/C18H22N2O2S/c1-13(11-15-7-6-8-16(12-15)22-3)20-18(21)14(2)23-17-9-4-5-10-19-17/h4-10,12-14H,11H2,1-3H3,(H,20,21). The van der Waals surface area contributed by atoms with Crippen molar-refractivity contribution in [2.24, 2.45) is 0 Å². The SMILES string of the molecule is COc1cccc(CC(C)NC(=O)C(C)Sc2ccccn2)c1. The Hall–Kier alpha value is -2.01. The van der Waals surface area contributed by atoms with E-state index < -0.39 is 0 Å². The summed E-state index contributed by atoms with van der Waals surface area (Å²) in [6, 6.07) is 13.7. The van der Waals surface area contributed by atoms with Gasteiger partial charge in [-0.25, -0.2) is 4.98 Å². The monoisotopic (exact) mass is 330 g/mol. The molecule has 0 aliphatic rings. The third-order valence-electron chi connectivity index (χ3n) is 3.37. The molecule has 0 aliphatic heterocycles. The first-order valence-corrected chi connectivity index (χ1v) is 8.47. The number of carbonyl (C=O) groups is 1. The van der Waals surface area contributed by atoms with Crippen LogP contribution in [0.1, 0.15) is 19.4 Å². The van der Waals surface area contributed by atoms with E-state index in [0.29, 0.717) is 0 Å². The van der Waals surface area contributed by atoms with Crippen LogP contribution in [-0.2, 0) is 11.2 Å². The minimum absolute atomic E-state index is 0.0241. The molecule has 1 N–H and O–H groups in total. The Morgan fingerprint density at radius 2 is 2.09 bits per heavy atom. The second-order valence-electron chi connectivity index (χ2n) is 5.39. The van der Waals surface area contributed by atoms with Gasteiger partial charge >= 0.3 is 0 Å². The predicted molar refractivity (Wildman–Crippen MR) is 93.9 cm³/mol. The van der Waals surface area contributed by atoms with Crippen LogP contribution in [0.2, 0.25) is 0 Å². The molecule has 0 spiro atoms. The first kappa shape index (κ1) is 17.3. The van der Waals surface area contributed by atoms with Crippen LogP contribution in [0.25, 0.3) is 0 Å². The Kier molecular flexibility index (Phi) is 6.47. The van der Waals surface area contributed by atoms with Gasteiger partial charge in [0.2, 0.25) is 5.91 Å². The summed E-state index contributed by atoms with van der Waals surface area (Å²) in [6.45, 7) is 3.91. The zero-order chi connectivity index (χ0) is 16.7. The number of nitrogens with one attached hydrogen (secondary N) is 1. The summed E-state index contributed by atoms with van der Waals surface area (Å²) in [5.41, 5.74) is 1.14. The first-order valence-electron chi connectivity index (χ1n) is 7.59. The van der Waals surface area contributed by atoms with Crippen molar-refractivity contribution < 1.29 is 9.53 Å². The van der Waals surface area contributed by atoms with Crippen LogP contribution in [0.3, 0.4) is 0 Å². The lowest BCUT2D eigenvalue weighted by molar-refractivity contribution is -0.120. The van der Waals surface area contributed by atoms with E-state index in [1.165, 1.54) is 11.8 Å². The summed E-state index contributed by atoms with van der Waals surface area (Å²) in [6.07, 6.45) is 2.50. The molecule has 2 atom stereocenters. The highest BCUT2D eigenvalue weighted by Gasteiger charge is 2.17. The van der Waals surface area contributed by atoms with Crippen molar-refractivity contribution in [3.8, 4) is 5.75 Å². The quantitative estimate of drug-likeness (QED) is 0.791. The molecular formula is C18H22N2O2S. The number of ether oxygens (including phenoxy) is 1. The Labute approximate surface area is 141 Å². The highest BCUT2D eigenvalue weighted by Crippen LogP contribution is 2.20. The Morgan fingerprint density at radius 3 is 2.78 bits per heavy atom. The molecule has 0 aliphatic carbocycles. The number of aromatic nitrogens is 1. The van der Waals surface area contributed by atoms with Gasteiger partial charge in [-0.05, 0) is 50.1 Å². The van der Waals surface area contributed by atoms with Crippen LogP contribution in [0, 0.1) is 0 Å². The highest BCUT2D eigenvalue weighted by molar-refractivity contribution is 8.00. The van der Waals surface area contributed by atoms with Gasteiger partial charge < -0.3 is 10.1 Å². The van der Waals surface area contributed by atoms with Gasteiger partial charge in [-0.1, -0.05) is 30.0 Å². The second-order valence-corrected chi connectivity index (χ2v) is 6.75. The van der Waals surface area contributed by atoms with Crippen LogP contribution < -0.4 is 10.1 Å². The van der Waals surface area contributed by atoms with Crippen molar-refractivity contribution >= 4 is 17.7 Å². The Morgan fingerprint density at radius 1 is 1.26 bits per heavy atom. The number of methoxy groups -OCH3 is 1. The topological polar surface area (TPSA) is 51.2 Å². The van der Waals surface area contributed by atoms with Gasteiger partial charge in [0.1, 0.15) is 5.75 Å². The summed E-state index contributed by atoms with van der Waals surface area (Å²) >= 11 is 1.46. The molecule has 0 bridgehead atoms. The maximum Gasteiger partial charge on any atom is 0.233 e. The molecule has 1 amide bonds. The molecule has 23 heavy (non-hydrogen) atoms. The number of rotatable bonds is 7. The number of pyridine rings is 1. The number of nitrogens with zero attached hydrogens (tertiary/aromatic N) is 1. The summed E-state index contributed by atoms with van der Waals surface area (Å²) in [4.78, 5) is 16.5. The zero-order valence-electron chi connectivity index (χ0n) is 13.7. The number of hydrogen-bond acceptors (Lipinski definition) is 4. The van der Waals surface area contributed by atoms with Crippen LogP contribution in [0.15, 0.2) is 53.7 Å². The van der Waals surface area contributed by atoms with E-state index in [2.05, 4.69) is 10.3 Å². The smallest absolute Gasteiger partial charge is 0.233 e. The molecule has 1 heterocycles. The van der Waals surface area contributed by atoms with Gasteiger partial charge in [0, 0.05) is 12.2 Å². The molecule has 5 heteroatoms. The van der Waals surface area contributed by atoms with Crippen molar-refractivity contribution in [2.75, 3.05) is 7.11 Å². The lowest BCUT2D eigenvalue weighted by Crippen LogP contribution is -2.38. The number of benzene rings is 1. The van der Waals surface area contributed by atoms with E-state index in [4.69, 9.17) is 4.74 Å². The zero-order valence-corrected chi connectivity index (χ0v) is 14.5. The summed E-state index contributed by atoms with van der Waals surface area (Å²) in [5, 5.41) is 3.73. The van der Waals surface area contributed by atoms with Crippen molar-refractivity contribution in [1.29, 1.82) is 0 Å². The van der Waals surface area contributed by atoms with E-state index in [0.717, 1.165) is 22.8 Å². The minimum Gasteiger partial charge on any atom is -0.497 e. The van der Waals surface area contributed by atoms with Crippen molar-refractivity contribution in [2.45, 2.75) is 36.6 Å². The molecule has 0 saturated carbocycles. The molecule has 0 saturated heterocycles. The minimum atomic E-state index is -0.183. The third-order valence-corrected chi connectivity index (χ3v) is 4.42. The molecule has 0 radical (unpaired) electrons. The summed E-state index contributed by atoms with van der Waals surface area (Å²) in [7, 11) is 1.65. The van der Waals surface area contributed by atoms with Crippen LogP contribution in [0.5, 0.6) is 5.75 Å². The average molecular weight is 330 g/mol. The Bertz CT molecular complexity index is 634. The molecule has 1 aromatic heterocycles. The molecule has 0 fully saturated rings. The summed E-state index contributed by atoms with van der Waals surface area (Å²) < 4.78 is 5.22. The van der Waals surface area contributed by atoms with Crippen molar-refractivity contribution in [3.63, 3.8) is 0 Å².